The predicted molar refractivity (Wildman–Crippen MR) is 104 cm³/mol. The van der Waals surface area contributed by atoms with Gasteiger partial charge < -0.3 is 14.5 Å². The van der Waals surface area contributed by atoms with Gasteiger partial charge in [0, 0.05) is 37.4 Å². The number of rotatable bonds is 4. The Bertz CT molecular complexity index is 751. The molecule has 0 unspecified atom stereocenters. The second-order valence-electron chi connectivity index (χ2n) is 6.63. The maximum absolute atomic E-state index is 12.7. The number of aryl methyl sites for hydroxylation is 2. The van der Waals surface area contributed by atoms with Crippen molar-refractivity contribution in [1.29, 1.82) is 0 Å². The quantitative estimate of drug-likeness (QED) is 0.823. The molecule has 1 aromatic carbocycles. The van der Waals surface area contributed by atoms with Crippen molar-refractivity contribution >= 4 is 23.3 Å². The summed E-state index contributed by atoms with van der Waals surface area (Å²) in [6, 6.07) is 9.62. The zero-order valence-electron chi connectivity index (χ0n) is 15.4. The standard InChI is InChI=1S/C20H24ClN3O2/c1-14-12-17(13-15(2)19(14)21)26-16(3)20(25)24-10-8-23(9-11-24)18-6-4-5-7-22-18/h4-7,12-13,16H,8-11H2,1-3H3/t16-/m0/s1. The number of hydrogen-bond donors (Lipinski definition) is 0. The summed E-state index contributed by atoms with van der Waals surface area (Å²) in [6.07, 6.45) is 1.26. The lowest BCUT2D eigenvalue weighted by molar-refractivity contribution is -0.138. The van der Waals surface area contributed by atoms with Crippen molar-refractivity contribution in [3.05, 3.63) is 52.7 Å². The van der Waals surface area contributed by atoms with E-state index in [1.165, 1.54) is 0 Å². The van der Waals surface area contributed by atoms with Crippen LogP contribution in [0.3, 0.4) is 0 Å². The zero-order valence-corrected chi connectivity index (χ0v) is 16.2. The Morgan fingerprint density at radius 2 is 1.81 bits per heavy atom. The fraction of sp³-hybridized carbons (Fsp3) is 0.400. The van der Waals surface area contributed by atoms with E-state index in [0.29, 0.717) is 18.8 Å². The molecule has 5 nitrogen and oxygen atoms in total. The van der Waals surface area contributed by atoms with Crippen LogP contribution < -0.4 is 9.64 Å². The van der Waals surface area contributed by atoms with Gasteiger partial charge in [-0.1, -0.05) is 17.7 Å². The van der Waals surface area contributed by atoms with Gasteiger partial charge in [0.1, 0.15) is 11.6 Å². The Morgan fingerprint density at radius 1 is 1.15 bits per heavy atom. The van der Waals surface area contributed by atoms with Gasteiger partial charge >= 0.3 is 0 Å². The molecule has 26 heavy (non-hydrogen) atoms. The average molecular weight is 374 g/mol. The summed E-state index contributed by atoms with van der Waals surface area (Å²) in [5.41, 5.74) is 1.90. The summed E-state index contributed by atoms with van der Waals surface area (Å²) in [5, 5.41) is 0.738. The van der Waals surface area contributed by atoms with Crippen LogP contribution in [0, 0.1) is 13.8 Å². The minimum Gasteiger partial charge on any atom is -0.481 e. The molecule has 2 heterocycles. The molecule has 1 aliphatic rings. The molecule has 0 radical (unpaired) electrons. The van der Waals surface area contributed by atoms with Crippen molar-refractivity contribution in [2.45, 2.75) is 26.9 Å². The van der Waals surface area contributed by atoms with Crippen molar-refractivity contribution in [3.63, 3.8) is 0 Å². The van der Waals surface area contributed by atoms with Crippen LogP contribution >= 0.6 is 11.6 Å². The summed E-state index contributed by atoms with van der Waals surface area (Å²) < 4.78 is 5.88. The van der Waals surface area contributed by atoms with Crippen LogP contribution in [-0.2, 0) is 4.79 Å². The first kappa shape index (κ1) is 18.5. The van der Waals surface area contributed by atoms with Crippen LogP contribution in [0.4, 0.5) is 5.82 Å². The second-order valence-corrected chi connectivity index (χ2v) is 7.01. The molecular formula is C20H24ClN3O2. The molecule has 138 valence electrons. The molecule has 1 aliphatic heterocycles. The summed E-state index contributed by atoms with van der Waals surface area (Å²) in [6.45, 7) is 8.55. The molecule has 6 heteroatoms. The molecule has 3 rings (SSSR count). The molecule has 1 aromatic heterocycles. The third-order valence-electron chi connectivity index (χ3n) is 4.64. The fourth-order valence-electron chi connectivity index (χ4n) is 3.18. The van der Waals surface area contributed by atoms with E-state index < -0.39 is 6.10 Å². The number of nitrogens with zero attached hydrogens (tertiary/aromatic N) is 3. The number of hydrogen-bond acceptors (Lipinski definition) is 4. The lowest BCUT2D eigenvalue weighted by atomic mass is 10.1. The van der Waals surface area contributed by atoms with Crippen LogP contribution in [0.15, 0.2) is 36.5 Å². The molecular weight excluding hydrogens is 350 g/mol. The van der Waals surface area contributed by atoms with Gasteiger partial charge in [-0.2, -0.15) is 0 Å². The van der Waals surface area contributed by atoms with Gasteiger partial charge in [0.2, 0.25) is 0 Å². The highest BCUT2D eigenvalue weighted by molar-refractivity contribution is 6.32. The Balaban J connectivity index is 1.58. The van der Waals surface area contributed by atoms with Gasteiger partial charge in [-0.25, -0.2) is 4.98 Å². The number of ether oxygens (including phenoxy) is 1. The maximum atomic E-state index is 12.7. The maximum Gasteiger partial charge on any atom is 0.263 e. The summed E-state index contributed by atoms with van der Waals surface area (Å²) in [5.74, 6) is 1.64. The van der Waals surface area contributed by atoms with Crippen LogP contribution in [-0.4, -0.2) is 48.1 Å². The van der Waals surface area contributed by atoms with E-state index in [1.54, 1.807) is 13.1 Å². The molecule has 0 N–H and O–H groups in total. The third-order valence-corrected chi connectivity index (χ3v) is 5.23. The topological polar surface area (TPSA) is 45.7 Å². The number of benzene rings is 1. The monoisotopic (exact) mass is 373 g/mol. The van der Waals surface area contributed by atoms with E-state index in [0.717, 1.165) is 35.1 Å². The number of pyridine rings is 1. The zero-order chi connectivity index (χ0) is 18.7. The largest absolute Gasteiger partial charge is 0.481 e. The van der Waals surface area contributed by atoms with Crippen molar-refractivity contribution in [1.82, 2.24) is 9.88 Å². The summed E-state index contributed by atoms with van der Waals surface area (Å²) in [4.78, 5) is 21.2. The van der Waals surface area contributed by atoms with Crippen LogP contribution in [0.25, 0.3) is 0 Å². The highest BCUT2D eigenvalue weighted by atomic mass is 35.5. The van der Waals surface area contributed by atoms with Crippen LogP contribution in [0.2, 0.25) is 5.02 Å². The molecule has 1 amide bonds. The number of carbonyl (C=O) groups is 1. The first-order valence-corrected chi connectivity index (χ1v) is 9.21. The predicted octanol–water partition coefficient (Wildman–Crippen LogP) is 3.47. The highest BCUT2D eigenvalue weighted by Gasteiger charge is 2.26. The molecule has 1 saturated heterocycles. The lowest BCUT2D eigenvalue weighted by Crippen LogP contribution is -2.52. The first-order chi connectivity index (χ1) is 12.5. The number of halogens is 1. The molecule has 0 spiro atoms. The van der Waals surface area contributed by atoms with Gasteiger partial charge in [-0.05, 0) is 56.2 Å². The normalized spacial score (nSPS) is 15.7. The van der Waals surface area contributed by atoms with Crippen molar-refractivity contribution in [2.75, 3.05) is 31.1 Å². The van der Waals surface area contributed by atoms with Crippen LogP contribution in [0.1, 0.15) is 18.1 Å². The average Bonchev–Trinajstić information content (AvgIpc) is 2.66. The number of anilines is 1. The van der Waals surface area contributed by atoms with Gasteiger partial charge in [-0.15, -0.1) is 0 Å². The van der Waals surface area contributed by atoms with E-state index in [-0.39, 0.29) is 5.91 Å². The van der Waals surface area contributed by atoms with E-state index in [1.807, 2.05) is 49.1 Å². The van der Waals surface area contributed by atoms with E-state index in [9.17, 15) is 4.79 Å². The van der Waals surface area contributed by atoms with Gasteiger partial charge in [0.05, 0.1) is 0 Å². The van der Waals surface area contributed by atoms with Crippen molar-refractivity contribution in [2.24, 2.45) is 0 Å². The fourth-order valence-corrected chi connectivity index (χ4v) is 3.29. The molecule has 1 atom stereocenters. The van der Waals surface area contributed by atoms with Crippen LogP contribution in [0.5, 0.6) is 5.75 Å². The first-order valence-electron chi connectivity index (χ1n) is 8.84. The summed E-state index contributed by atoms with van der Waals surface area (Å²) >= 11 is 6.19. The van der Waals surface area contributed by atoms with E-state index >= 15 is 0 Å². The van der Waals surface area contributed by atoms with Gasteiger partial charge in [0.15, 0.2) is 6.10 Å². The Kier molecular flexibility index (Phi) is 5.67. The molecule has 2 aromatic rings. The molecule has 1 fully saturated rings. The molecule has 0 saturated carbocycles. The van der Waals surface area contributed by atoms with E-state index in [2.05, 4.69) is 9.88 Å². The Morgan fingerprint density at radius 3 is 2.38 bits per heavy atom. The molecule has 0 aliphatic carbocycles. The number of amides is 1. The highest BCUT2D eigenvalue weighted by Crippen LogP contribution is 2.26. The number of aromatic nitrogens is 1. The Hall–Kier alpha value is -2.27. The summed E-state index contributed by atoms with van der Waals surface area (Å²) in [7, 11) is 0. The smallest absolute Gasteiger partial charge is 0.263 e. The number of carbonyl (C=O) groups excluding carboxylic acids is 1. The third kappa shape index (κ3) is 4.10. The lowest BCUT2D eigenvalue weighted by Gasteiger charge is -2.36. The number of piperazine rings is 1. The van der Waals surface area contributed by atoms with Gasteiger partial charge in [-0.3, -0.25) is 4.79 Å². The Labute approximate surface area is 159 Å². The SMILES string of the molecule is Cc1cc(O[C@@H](C)C(=O)N2CCN(c3ccccn3)CC2)cc(C)c1Cl. The minimum atomic E-state index is -0.531. The van der Waals surface area contributed by atoms with Gasteiger partial charge in [0.25, 0.3) is 5.91 Å². The second kappa shape index (κ2) is 7.96. The van der Waals surface area contributed by atoms with Crippen molar-refractivity contribution in [3.8, 4) is 5.75 Å². The molecule has 0 bridgehead atoms. The van der Waals surface area contributed by atoms with Crippen molar-refractivity contribution < 1.29 is 9.53 Å². The minimum absolute atomic E-state index is 0.0101. The van der Waals surface area contributed by atoms with E-state index in [4.69, 9.17) is 16.3 Å².